The van der Waals surface area contributed by atoms with Gasteiger partial charge >= 0.3 is 0 Å². The van der Waals surface area contributed by atoms with E-state index in [-0.39, 0.29) is 0 Å². The Labute approximate surface area is 94.7 Å². The van der Waals surface area contributed by atoms with E-state index in [9.17, 15) is 4.79 Å². The van der Waals surface area contributed by atoms with Gasteiger partial charge in [-0.05, 0) is 5.92 Å². The molecule has 0 amide bonds. The molecule has 15 heavy (non-hydrogen) atoms. The quantitative estimate of drug-likeness (QED) is 0.525. The lowest BCUT2D eigenvalue weighted by atomic mass is 10.1. The van der Waals surface area contributed by atoms with E-state index < -0.39 is 0 Å². The molecule has 1 nitrogen and oxygen atoms in total. The summed E-state index contributed by atoms with van der Waals surface area (Å²) in [7, 11) is 0.461. The van der Waals surface area contributed by atoms with E-state index in [1.165, 1.54) is 6.42 Å². The largest absolute Gasteiger partial charge is 0.298 e. The summed E-state index contributed by atoms with van der Waals surface area (Å²) in [5.41, 5.74) is 0.729. The van der Waals surface area contributed by atoms with Gasteiger partial charge in [0.2, 0.25) is 0 Å². The summed E-state index contributed by atoms with van der Waals surface area (Å²) in [6, 6.07) is 12.4. The first kappa shape index (κ1) is 12.2. The Hall–Kier alpha value is -0.893. The number of carbonyl (C=O) groups excluding carboxylic acids is 1. The van der Waals surface area contributed by atoms with Crippen LogP contribution in [0.15, 0.2) is 30.3 Å². The highest BCUT2D eigenvalue weighted by Crippen LogP contribution is 2.18. The molecule has 1 unspecified atom stereocenters. The highest BCUT2D eigenvalue weighted by molar-refractivity contribution is 6.35. The maximum absolute atomic E-state index is 10.0. The number of carbonyl (C=O) groups is 1. The van der Waals surface area contributed by atoms with Crippen molar-refractivity contribution < 1.29 is 4.79 Å². The molecular weight excluding hydrogens is 200 g/mol. The Kier molecular flexibility index (Phi) is 6.01. The van der Waals surface area contributed by atoms with E-state index in [2.05, 4.69) is 6.92 Å². The zero-order chi connectivity index (χ0) is 10.9. The topological polar surface area (TPSA) is 17.1 Å². The molecule has 82 valence electrons. The van der Waals surface area contributed by atoms with Crippen molar-refractivity contribution in [3.8, 4) is 0 Å². The number of rotatable bonds is 1. The van der Waals surface area contributed by atoms with Gasteiger partial charge in [-0.3, -0.25) is 4.79 Å². The van der Waals surface area contributed by atoms with E-state index in [0.29, 0.717) is 9.52 Å². The van der Waals surface area contributed by atoms with Crippen molar-refractivity contribution in [2.75, 3.05) is 0 Å². The van der Waals surface area contributed by atoms with Crippen molar-refractivity contribution in [2.24, 2.45) is 5.92 Å². The fraction of sp³-hybridized carbons (Fsp3) is 0.462. The van der Waals surface area contributed by atoms with E-state index in [1.54, 1.807) is 30.6 Å². The van der Waals surface area contributed by atoms with Crippen LogP contribution in [0.3, 0.4) is 0 Å². The van der Waals surface area contributed by atoms with Gasteiger partial charge in [-0.1, -0.05) is 62.2 Å². The molecule has 1 aliphatic heterocycles. The molecule has 2 heteroatoms. The monoisotopic (exact) mass is 220 g/mol. The molecule has 2 rings (SSSR count). The van der Waals surface area contributed by atoms with Gasteiger partial charge in [-0.2, -0.15) is 0 Å². The highest BCUT2D eigenvalue weighted by atomic mass is 28.2. The van der Waals surface area contributed by atoms with Crippen LogP contribution in [-0.4, -0.2) is 15.8 Å². The lowest BCUT2D eigenvalue weighted by Gasteiger charge is -2.15. The van der Waals surface area contributed by atoms with E-state index in [0.717, 1.165) is 17.8 Å². The molecule has 0 aliphatic carbocycles. The zero-order valence-electron chi connectivity index (χ0n) is 9.49. The summed E-state index contributed by atoms with van der Waals surface area (Å²) < 4.78 is 0. The van der Waals surface area contributed by atoms with Gasteiger partial charge in [0.05, 0.1) is 0 Å². The second-order valence-corrected chi connectivity index (χ2v) is 6.26. The maximum Gasteiger partial charge on any atom is 0.150 e. The lowest BCUT2D eigenvalue weighted by Crippen LogP contribution is -2.05. The second kappa shape index (κ2) is 7.41. The first-order valence-electron chi connectivity index (χ1n) is 5.83. The summed E-state index contributed by atoms with van der Waals surface area (Å²) >= 11 is 0. The first-order chi connectivity index (χ1) is 7.33. The molecule has 0 radical (unpaired) electrons. The van der Waals surface area contributed by atoms with Gasteiger partial charge in [-0.15, -0.1) is 0 Å². The SMILES string of the molecule is CC1CCC[SiH2]C1.O=Cc1ccccc1. The molecule has 0 aromatic heterocycles. The van der Waals surface area contributed by atoms with Crippen LogP contribution in [0, 0.1) is 5.92 Å². The fourth-order valence-corrected chi connectivity index (χ4v) is 3.75. The average Bonchev–Trinajstić information content (AvgIpc) is 2.32. The fourth-order valence-electron chi connectivity index (χ4n) is 1.84. The van der Waals surface area contributed by atoms with E-state index in [4.69, 9.17) is 0 Å². The van der Waals surface area contributed by atoms with Crippen molar-refractivity contribution >= 4 is 15.8 Å². The Balaban J connectivity index is 0.000000151. The third-order valence-electron chi connectivity index (χ3n) is 2.83. The van der Waals surface area contributed by atoms with Crippen LogP contribution in [-0.2, 0) is 0 Å². The van der Waals surface area contributed by atoms with Crippen molar-refractivity contribution in [3.63, 3.8) is 0 Å². The molecule has 0 spiro atoms. The predicted molar refractivity (Wildman–Crippen MR) is 68.4 cm³/mol. The highest BCUT2D eigenvalue weighted by Gasteiger charge is 2.06. The molecule has 1 saturated heterocycles. The Morgan fingerprint density at radius 3 is 2.40 bits per heavy atom. The van der Waals surface area contributed by atoms with Crippen molar-refractivity contribution in [3.05, 3.63) is 35.9 Å². The molecule has 1 aromatic carbocycles. The minimum Gasteiger partial charge on any atom is -0.298 e. The molecule has 1 heterocycles. The zero-order valence-corrected chi connectivity index (χ0v) is 10.9. The maximum atomic E-state index is 10.0. The summed E-state index contributed by atoms with van der Waals surface area (Å²) in [6.07, 6.45) is 3.90. The van der Waals surface area contributed by atoms with Gasteiger partial charge < -0.3 is 0 Å². The van der Waals surface area contributed by atoms with E-state index in [1.807, 2.05) is 18.2 Å². The third-order valence-corrected chi connectivity index (χ3v) is 5.22. The second-order valence-electron chi connectivity index (χ2n) is 4.27. The molecule has 1 aromatic rings. The number of benzene rings is 1. The van der Waals surface area contributed by atoms with Crippen LogP contribution < -0.4 is 0 Å². The van der Waals surface area contributed by atoms with Crippen molar-refractivity contribution in [2.45, 2.75) is 31.9 Å². The third kappa shape index (κ3) is 5.53. The summed E-state index contributed by atoms with van der Waals surface area (Å²) in [6.45, 7) is 2.40. The van der Waals surface area contributed by atoms with Crippen molar-refractivity contribution in [1.29, 1.82) is 0 Å². The van der Waals surface area contributed by atoms with Crippen LogP contribution in [0.1, 0.15) is 30.1 Å². The van der Waals surface area contributed by atoms with Crippen molar-refractivity contribution in [1.82, 2.24) is 0 Å². The first-order valence-corrected chi connectivity index (χ1v) is 7.83. The Morgan fingerprint density at radius 2 is 2.07 bits per heavy atom. The van der Waals surface area contributed by atoms with Crippen LogP contribution in [0.2, 0.25) is 12.1 Å². The molecule has 0 saturated carbocycles. The van der Waals surface area contributed by atoms with Gasteiger partial charge in [0.1, 0.15) is 6.29 Å². The van der Waals surface area contributed by atoms with Crippen LogP contribution in [0.25, 0.3) is 0 Å². The van der Waals surface area contributed by atoms with Crippen LogP contribution in [0.5, 0.6) is 0 Å². The van der Waals surface area contributed by atoms with Gasteiger partial charge in [0.25, 0.3) is 0 Å². The molecule has 0 N–H and O–H groups in total. The molecular formula is C13H20OSi. The minimum atomic E-state index is 0.461. The van der Waals surface area contributed by atoms with Crippen LogP contribution in [0.4, 0.5) is 0 Å². The molecule has 1 fully saturated rings. The molecule has 1 atom stereocenters. The van der Waals surface area contributed by atoms with Gasteiger partial charge in [-0.25, -0.2) is 0 Å². The number of hydrogen-bond acceptors (Lipinski definition) is 1. The summed E-state index contributed by atoms with van der Waals surface area (Å²) in [4.78, 5) is 10.0. The predicted octanol–water partition coefficient (Wildman–Crippen LogP) is 2.92. The molecule has 1 aliphatic rings. The standard InChI is InChI=1S/C7H6O.C6H14Si/c8-6-7-4-2-1-3-5-7;1-6-3-2-4-7-5-6/h1-6H;6H,2-5,7H2,1H3. The Morgan fingerprint density at radius 1 is 1.33 bits per heavy atom. The summed E-state index contributed by atoms with van der Waals surface area (Å²) in [5, 5.41) is 0. The van der Waals surface area contributed by atoms with E-state index >= 15 is 0 Å². The normalized spacial score (nSPS) is 21.5. The van der Waals surface area contributed by atoms with Gasteiger partial charge in [0, 0.05) is 15.1 Å². The molecule has 0 bridgehead atoms. The smallest absolute Gasteiger partial charge is 0.150 e. The van der Waals surface area contributed by atoms with Gasteiger partial charge in [0.15, 0.2) is 0 Å². The summed E-state index contributed by atoms with van der Waals surface area (Å²) in [5.74, 6) is 1.10. The Bertz CT molecular complexity index is 265. The number of hydrogen-bond donors (Lipinski definition) is 0. The number of aldehydes is 1. The average molecular weight is 220 g/mol. The minimum absolute atomic E-state index is 0.461. The lowest BCUT2D eigenvalue weighted by molar-refractivity contribution is 0.112. The van der Waals surface area contributed by atoms with Crippen LogP contribution >= 0.6 is 0 Å².